The number of anilines is 1. The number of hydrogen-bond donors (Lipinski definition) is 2. The van der Waals surface area contributed by atoms with Gasteiger partial charge in [0, 0.05) is 31.2 Å². The monoisotopic (exact) mass is 362 g/mol. The molecule has 2 aromatic rings. The molecule has 0 saturated heterocycles. The lowest BCUT2D eigenvalue weighted by Crippen LogP contribution is -2.28. The number of nitrogens with one attached hydrogen (secondary N) is 1. The topological polar surface area (TPSA) is 90.0 Å². The van der Waals surface area contributed by atoms with Gasteiger partial charge in [0.25, 0.3) is 0 Å². The number of nitrogens with two attached hydrogens (primary N) is 1. The van der Waals surface area contributed by atoms with Gasteiger partial charge in [0.1, 0.15) is 4.90 Å². The lowest BCUT2D eigenvalue weighted by atomic mass is 10.3. The maximum Gasteiger partial charge on any atom is 0.243 e. The van der Waals surface area contributed by atoms with Crippen LogP contribution in [0.4, 0.5) is 10.1 Å². The van der Waals surface area contributed by atoms with E-state index in [0.29, 0.717) is 6.54 Å². The molecule has 1 aromatic heterocycles. The van der Waals surface area contributed by atoms with Crippen LogP contribution in [0.15, 0.2) is 40.2 Å². The highest BCUT2D eigenvalue weighted by Gasteiger charge is 2.21. The van der Waals surface area contributed by atoms with Crippen molar-refractivity contribution >= 4 is 31.6 Å². The minimum atomic E-state index is -3.96. The normalized spacial score (nSPS) is 11.7. The van der Waals surface area contributed by atoms with Crippen molar-refractivity contribution in [1.29, 1.82) is 0 Å². The predicted molar refractivity (Wildman–Crippen MR) is 75.9 cm³/mol. The maximum absolute atomic E-state index is 13.8. The van der Waals surface area contributed by atoms with Gasteiger partial charge in [-0.3, -0.25) is 0 Å². The Hall–Kier alpha value is -1.45. The lowest BCUT2D eigenvalue weighted by molar-refractivity contribution is 0.549. The second kappa shape index (κ2) is 5.90. The van der Waals surface area contributed by atoms with Crippen LogP contribution in [0.3, 0.4) is 0 Å². The smallest absolute Gasteiger partial charge is 0.243 e. The molecule has 1 heterocycles. The van der Waals surface area contributed by atoms with E-state index in [2.05, 4.69) is 25.6 Å². The third-order valence-electron chi connectivity index (χ3n) is 2.53. The SMILES string of the molecule is Nc1cc(Br)c(F)c(S(=O)(=O)NCCn2ccnc2)c1. The first-order valence-electron chi connectivity index (χ1n) is 5.60. The minimum absolute atomic E-state index is 0.00693. The largest absolute Gasteiger partial charge is 0.399 e. The van der Waals surface area contributed by atoms with Crippen LogP contribution in [-0.4, -0.2) is 24.5 Å². The highest BCUT2D eigenvalue weighted by molar-refractivity contribution is 9.10. The van der Waals surface area contributed by atoms with Gasteiger partial charge < -0.3 is 10.3 Å². The number of nitrogens with zero attached hydrogens (tertiary/aromatic N) is 2. The van der Waals surface area contributed by atoms with Crippen molar-refractivity contribution in [2.75, 3.05) is 12.3 Å². The van der Waals surface area contributed by atoms with Crippen LogP contribution in [0.1, 0.15) is 0 Å². The number of halogens is 2. The highest BCUT2D eigenvalue weighted by Crippen LogP contribution is 2.25. The molecule has 0 fully saturated rings. The van der Waals surface area contributed by atoms with Crippen LogP contribution in [0.25, 0.3) is 0 Å². The summed E-state index contributed by atoms with van der Waals surface area (Å²) in [5.41, 5.74) is 5.69. The fraction of sp³-hybridized carbons (Fsp3) is 0.182. The van der Waals surface area contributed by atoms with Gasteiger partial charge >= 0.3 is 0 Å². The van der Waals surface area contributed by atoms with Crippen LogP contribution in [0.2, 0.25) is 0 Å². The zero-order valence-corrected chi connectivity index (χ0v) is 12.7. The van der Waals surface area contributed by atoms with E-state index in [0.717, 1.165) is 6.07 Å². The molecule has 0 bridgehead atoms. The third-order valence-corrected chi connectivity index (χ3v) is 4.57. The van der Waals surface area contributed by atoms with Gasteiger partial charge in [0.05, 0.1) is 10.8 Å². The molecule has 9 heteroatoms. The quantitative estimate of drug-likeness (QED) is 0.785. The number of aromatic nitrogens is 2. The summed E-state index contributed by atoms with van der Waals surface area (Å²) in [6.07, 6.45) is 4.85. The predicted octanol–water partition coefficient (Wildman–Crippen LogP) is 1.35. The molecular weight excluding hydrogens is 351 g/mol. The average molecular weight is 363 g/mol. The Morgan fingerprint density at radius 1 is 1.45 bits per heavy atom. The van der Waals surface area contributed by atoms with Crippen LogP contribution in [-0.2, 0) is 16.6 Å². The number of hydrogen-bond acceptors (Lipinski definition) is 4. The summed E-state index contributed by atoms with van der Waals surface area (Å²) < 4.78 is 41.9. The van der Waals surface area contributed by atoms with E-state index in [1.165, 1.54) is 6.07 Å². The zero-order chi connectivity index (χ0) is 14.8. The van der Waals surface area contributed by atoms with Gasteiger partial charge in [-0.15, -0.1) is 0 Å². The fourth-order valence-corrected chi connectivity index (χ4v) is 3.35. The average Bonchev–Trinajstić information content (AvgIpc) is 2.86. The van der Waals surface area contributed by atoms with Gasteiger partial charge in [0.15, 0.2) is 5.82 Å². The van der Waals surface area contributed by atoms with Crippen molar-refractivity contribution in [2.24, 2.45) is 0 Å². The van der Waals surface area contributed by atoms with Crippen molar-refractivity contribution in [3.8, 4) is 0 Å². The second-order valence-corrected chi connectivity index (χ2v) is 6.60. The van der Waals surface area contributed by atoms with Crippen LogP contribution in [0, 0.1) is 5.82 Å². The molecule has 6 nitrogen and oxygen atoms in total. The van der Waals surface area contributed by atoms with E-state index in [1.54, 1.807) is 23.3 Å². The van der Waals surface area contributed by atoms with Crippen molar-refractivity contribution in [1.82, 2.24) is 14.3 Å². The Morgan fingerprint density at radius 3 is 2.85 bits per heavy atom. The van der Waals surface area contributed by atoms with Gasteiger partial charge in [-0.2, -0.15) is 0 Å². The number of rotatable bonds is 5. The van der Waals surface area contributed by atoms with Gasteiger partial charge in [-0.1, -0.05) is 0 Å². The van der Waals surface area contributed by atoms with E-state index < -0.39 is 20.7 Å². The molecule has 0 aliphatic heterocycles. The molecule has 3 N–H and O–H groups in total. The molecule has 20 heavy (non-hydrogen) atoms. The van der Waals surface area contributed by atoms with Crippen molar-refractivity contribution in [3.63, 3.8) is 0 Å². The maximum atomic E-state index is 13.8. The number of nitrogen functional groups attached to an aromatic ring is 1. The van der Waals surface area contributed by atoms with E-state index >= 15 is 0 Å². The molecular formula is C11H12BrFN4O2S. The summed E-state index contributed by atoms with van der Waals surface area (Å²) >= 11 is 2.93. The van der Waals surface area contributed by atoms with E-state index in [9.17, 15) is 12.8 Å². The Balaban J connectivity index is 2.14. The third kappa shape index (κ3) is 3.35. The molecule has 0 saturated carbocycles. The minimum Gasteiger partial charge on any atom is -0.399 e. The summed E-state index contributed by atoms with van der Waals surface area (Å²) in [7, 11) is -3.96. The van der Waals surface area contributed by atoms with E-state index in [-0.39, 0.29) is 16.7 Å². The Labute approximate surface area is 124 Å². The Morgan fingerprint density at radius 2 is 2.20 bits per heavy atom. The highest BCUT2D eigenvalue weighted by atomic mass is 79.9. The molecule has 0 spiro atoms. The summed E-state index contributed by atoms with van der Waals surface area (Å²) in [6.45, 7) is 0.509. The lowest BCUT2D eigenvalue weighted by Gasteiger charge is -2.10. The van der Waals surface area contributed by atoms with E-state index in [4.69, 9.17) is 5.73 Å². The molecule has 0 radical (unpaired) electrons. The number of sulfonamides is 1. The van der Waals surface area contributed by atoms with Crippen LogP contribution < -0.4 is 10.5 Å². The fourth-order valence-electron chi connectivity index (χ4n) is 1.59. The zero-order valence-electron chi connectivity index (χ0n) is 10.3. The van der Waals surface area contributed by atoms with Crippen LogP contribution >= 0.6 is 15.9 Å². The number of imidazole rings is 1. The first kappa shape index (κ1) is 14.9. The molecule has 0 amide bonds. The second-order valence-electron chi connectivity index (χ2n) is 4.01. The number of benzene rings is 1. The Bertz CT molecular complexity index is 703. The summed E-state index contributed by atoms with van der Waals surface area (Å²) in [5, 5.41) is 0. The summed E-state index contributed by atoms with van der Waals surface area (Å²) in [6, 6.07) is 2.39. The van der Waals surface area contributed by atoms with E-state index in [1.807, 2.05) is 0 Å². The first-order chi connectivity index (χ1) is 9.40. The molecule has 0 aliphatic carbocycles. The molecule has 0 unspecified atom stereocenters. The van der Waals surface area contributed by atoms with Gasteiger partial charge in [-0.25, -0.2) is 22.5 Å². The first-order valence-corrected chi connectivity index (χ1v) is 7.87. The molecule has 0 atom stereocenters. The molecule has 108 valence electrons. The van der Waals surface area contributed by atoms with Gasteiger partial charge in [0.2, 0.25) is 10.0 Å². The van der Waals surface area contributed by atoms with Crippen molar-refractivity contribution in [2.45, 2.75) is 11.4 Å². The van der Waals surface area contributed by atoms with Crippen LogP contribution in [0.5, 0.6) is 0 Å². The summed E-state index contributed by atoms with van der Waals surface area (Å²) in [5.74, 6) is -0.866. The standard InChI is InChI=1S/C11H12BrFN4O2S/c12-9-5-8(14)6-10(11(9)13)20(18,19)16-2-4-17-3-1-15-7-17/h1,3,5-7,16H,2,4,14H2. The van der Waals surface area contributed by atoms with Crippen molar-refractivity contribution < 1.29 is 12.8 Å². The van der Waals surface area contributed by atoms with Crippen molar-refractivity contribution in [3.05, 3.63) is 41.1 Å². The van der Waals surface area contributed by atoms with Gasteiger partial charge in [-0.05, 0) is 28.1 Å². The Kier molecular flexibility index (Phi) is 4.41. The molecule has 2 rings (SSSR count). The summed E-state index contributed by atoms with van der Waals surface area (Å²) in [4.78, 5) is 3.36. The molecule has 0 aliphatic rings. The molecule has 1 aromatic carbocycles.